The number of benzene rings is 1. The molecule has 1 aromatic carbocycles. The van der Waals surface area contributed by atoms with Crippen LogP contribution in [0.2, 0.25) is 0 Å². The first-order chi connectivity index (χ1) is 9.34. The summed E-state index contributed by atoms with van der Waals surface area (Å²) >= 11 is 1.74. The second-order valence-electron chi connectivity index (χ2n) is 4.86. The number of hydrogen-bond acceptors (Lipinski definition) is 3. The Labute approximate surface area is 121 Å². The molecule has 2 nitrogen and oxygen atoms in total. The van der Waals surface area contributed by atoms with Gasteiger partial charge in [-0.2, -0.15) is 24.9 Å². The number of aliphatic hydroxyl groups is 1. The van der Waals surface area contributed by atoms with E-state index in [4.69, 9.17) is 0 Å². The maximum absolute atomic E-state index is 12.6. The molecule has 0 aliphatic heterocycles. The summed E-state index contributed by atoms with van der Waals surface area (Å²) in [5, 5.41) is 13.0. The fourth-order valence-electron chi connectivity index (χ4n) is 1.85. The molecule has 1 aromatic rings. The molecule has 0 aromatic heterocycles. The average Bonchev–Trinajstić information content (AvgIpc) is 2.38. The summed E-state index contributed by atoms with van der Waals surface area (Å²) in [5.74, 6) is 1.46. The van der Waals surface area contributed by atoms with Gasteiger partial charge in [-0.05, 0) is 42.2 Å². The molecule has 114 valence electrons. The van der Waals surface area contributed by atoms with Crippen molar-refractivity contribution >= 4 is 11.8 Å². The molecule has 0 saturated heterocycles. The third-order valence-corrected chi connectivity index (χ3v) is 3.78. The van der Waals surface area contributed by atoms with Gasteiger partial charge < -0.3 is 10.4 Å². The van der Waals surface area contributed by atoms with Gasteiger partial charge in [0.1, 0.15) is 0 Å². The van der Waals surface area contributed by atoms with Crippen LogP contribution in [0.1, 0.15) is 24.2 Å². The highest BCUT2D eigenvalue weighted by molar-refractivity contribution is 7.98. The Kier molecular flexibility index (Phi) is 6.85. The first-order valence-corrected chi connectivity index (χ1v) is 7.79. The van der Waals surface area contributed by atoms with Crippen molar-refractivity contribution < 1.29 is 18.3 Å². The molecule has 0 bridgehead atoms. The van der Waals surface area contributed by atoms with Crippen molar-refractivity contribution in [3.05, 3.63) is 35.4 Å². The van der Waals surface area contributed by atoms with Crippen molar-refractivity contribution in [2.24, 2.45) is 5.92 Å². The molecule has 0 aliphatic rings. The molecule has 6 heteroatoms. The second kappa shape index (κ2) is 7.90. The van der Waals surface area contributed by atoms with Crippen molar-refractivity contribution in [3.8, 4) is 0 Å². The van der Waals surface area contributed by atoms with Crippen LogP contribution in [0, 0.1) is 5.92 Å². The number of alkyl halides is 3. The van der Waals surface area contributed by atoms with E-state index in [1.165, 1.54) is 12.1 Å². The first kappa shape index (κ1) is 17.3. The zero-order valence-electron chi connectivity index (χ0n) is 11.6. The number of rotatable bonds is 7. The maximum Gasteiger partial charge on any atom is 0.416 e. The lowest BCUT2D eigenvalue weighted by Gasteiger charge is -2.16. The standard InChI is InChI=1S/C14H20F3NOS/c1-10(9-20-2)7-18-8-13(19)11-4-3-5-12(6-11)14(15,16)17/h3-6,10,13,18-19H,7-9H2,1-2H3. The zero-order chi connectivity index (χ0) is 15.2. The number of halogens is 3. The van der Waals surface area contributed by atoms with Crippen molar-refractivity contribution in [2.75, 3.05) is 25.1 Å². The van der Waals surface area contributed by atoms with Crippen LogP contribution in [0.5, 0.6) is 0 Å². The Hall–Kier alpha value is -0.720. The van der Waals surface area contributed by atoms with Crippen LogP contribution in [0.4, 0.5) is 13.2 Å². The summed E-state index contributed by atoms with van der Waals surface area (Å²) in [4.78, 5) is 0. The summed E-state index contributed by atoms with van der Waals surface area (Å²) in [6, 6.07) is 4.83. The van der Waals surface area contributed by atoms with Crippen molar-refractivity contribution in [3.63, 3.8) is 0 Å². The van der Waals surface area contributed by atoms with Crippen LogP contribution in [0.3, 0.4) is 0 Å². The van der Waals surface area contributed by atoms with Gasteiger partial charge in [0, 0.05) is 6.54 Å². The average molecular weight is 307 g/mol. The topological polar surface area (TPSA) is 32.3 Å². The molecule has 0 aliphatic carbocycles. The van der Waals surface area contributed by atoms with Gasteiger partial charge in [-0.25, -0.2) is 0 Å². The van der Waals surface area contributed by atoms with Crippen LogP contribution in [-0.4, -0.2) is 30.2 Å². The van der Waals surface area contributed by atoms with Gasteiger partial charge in [0.2, 0.25) is 0 Å². The fourth-order valence-corrected chi connectivity index (χ4v) is 2.54. The van der Waals surface area contributed by atoms with E-state index >= 15 is 0 Å². The van der Waals surface area contributed by atoms with Gasteiger partial charge in [-0.1, -0.05) is 19.1 Å². The molecule has 0 saturated carbocycles. The Morgan fingerprint density at radius 2 is 2.00 bits per heavy atom. The minimum atomic E-state index is -4.38. The van der Waals surface area contributed by atoms with E-state index in [0.29, 0.717) is 5.92 Å². The molecule has 0 heterocycles. The smallest absolute Gasteiger partial charge is 0.387 e. The van der Waals surface area contributed by atoms with E-state index in [1.54, 1.807) is 11.8 Å². The van der Waals surface area contributed by atoms with Crippen LogP contribution >= 0.6 is 11.8 Å². The SMILES string of the molecule is CSCC(C)CNCC(O)c1cccc(C(F)(F)F)c1. The number of thioether (sulfide) groups is 1. The minimum absolute atomic E-state index is 0.250. The number of aliphatic hydroxyl groups excluding tert-OH is 1. The fraction of sp³-hybridized carbons (Fsp3) is 0.571. The number of hydrogen-bond donors (Lipinski definition) is 2. The van der Waals surface area contributed by atoms with Crippen molar-refractivity contribution in [1.82, 2.24) is 5.32 Å². The molecule has 0 fully saturated rings. The van der Waals surface area contributed by atoms with Gasteiger partial charge in [-0.3, -0.25) is 0 Å². The van der Waals surface area contributed by atoms with Gasteiger partial charge in [0.25, 0.3) is 0 Å². The highest BCUT2D eigenvalue weighted by Crippen LogP contribution is 2.30. The summed E-state index contributed by atoms with van der Waals surface area (Å²) in [7, 11) is 0. The summed E-state index contributed by atoms with van der Waals surface area (Å²) in [5.41, 5.74) is -0.449. The van der Waals surface area contributed by atoms with Crippen molar-refractivity contribution in [1.29, 1.82) is 0 Å². The number of nitrogens with one attached hydrogen (secondary N) is 1. The highest BCUT2D eigenvalue weighted by Gasteiger charge is 2.30. The second-order valence-corrected chi connectivity index (χ2v) is 5.77. The van der Waals surface area contributed by atoms with Crippen LogP contribution in [0.15, 0.2) is 24.3 Å². The van der Waals surface area contributed by atoms with Gasteiger partial charge in [-0.15, -0.1) is 0 Å². The summed E-state index contributed by atoms with van der Waals surface area (Å²) < 4.78 is 37.7. The monoisotopic (exact) mass is 307 g/mol. The van der Waals surface area contributed by atoms with Crippen LogP contribution in [0.25, 0.3) is 0 Å². The summed E-state index contributed by atoms with van der Waals surface area (Å²) in [6.07, 6.45) is -3.29. The molecule has 0 radical (unpaired) electrons. The lowest BCUT2D eigenvalue weighted by Crippen LogP contribution is -2.27. The summed E-state index contributed by atoms with van der Waals surface area (Å²) in [6.45, 7) is 3.07. The van der Waals surface area contributed by atoms with E-state index in [1.807, 2.05) is 6.26 Å². The molecule has 0 spiro atoms. The third kappa shape index (κ3) is 5.73. The Bertz CT molecular complexity index is 412. The first-order valence-electron chi connectivity index (χ1n) is 6.39. The molecular formula is C14H20F3NOS. The third-order valence-electron chi connectivity index (χ3n) is 2.88. The van der Waals surface area contributed by atoms with Gasteiger partial charge in [0.15, 0.2) is 0 Å². The van der Waals surface area contributed by atoms with Gasteiger partial charge >= 0.3 is 6.18 Å². The quantitative estimate of drug-likeness (QED) is 0.810. The molecule has 2 unspecified atom stereocenters. The molecular weight excluding hydrogens is 287 g/mol. The van der Waals surface area contributed by atoms with E-state index in [0.717, 1.165) is 24.4 Å². The Balaban J connectivity index is 2.53. The van der Waals surface area contributed by atoms with E-state index in [2.05, 4.69) is 12.2 Å². The van der Waals surface area contributed by atoms with E-state index < -0.39 is 17.8 Å². The lowest BCUT2D eigenvalue weighted by atomic mass is 10.1. The molecule has 2 atom stereocenters. The lowest BCUT2D eigenvalue weighted by molar-refractivity contribution is -0.137. The maximum atomic E-state index is 12.6. The van der Waals surface area contributed by atoms with E-state index in [9.17, 15) is 18.3 Å². The Morgan fingerprint density at radius 1 is 1.30 bits per heavy atom. The predicted octanol–water partition coefficient (Wildman–Crippen LogP) is 3.33. The normalized spacial score (nSPS) is 15.1. The highest BCUT2D eigenvalue weighted by atomic mass is 32.2. The van der Waals surface area contributed by atoms with Gasteiger partial charge in [0.05, 0.1) is 11.7 Å². The zero-order valence-corrected chi connectivity index (χ0v) is 12.4. The molecule has 1 rings (SSSR count). The minimum Gasteiger partial charge on any atom is -0.387 e. The molecule has 0 amide bonds. The molecule has 2 N–H and O–H groups in total. The Morgan fingerprint density at radius 3 is 2.60 bits per heavy atom. The van der Waals surface area contributed by atoms with Crippen LogP contribution in [-0.2, 0) is 6.18 Å². The largest absolute Gasteiger partial charge is 0.416 e. The predicted molar refractivity (Wildman–Crippen MR) is 76.8 cm³/mol. The van der Waals surface area contributed by atoms with E-state index in [-0.39, 0.29) is 12.1 Å². The molecule has 20 heavy (non-hydrogen) atoms. The van der Waals surface area contributed by atoms with Crippen LogP contribution < -0.4 is 5.32 Å². The van der Waals surface area contributed by atoms with Crippen molar-refractivity contribution in [2.45, 2.75) is 19.2 Å².